The number of aromatic nitrogens is 3. The van der Waals surface area contributed by atoms with Crippen molar-refractivity contribution in [3.63, 3.8) is 0 Å². The van der Waals surface area contributed by atoms with E-state index in [1.165, 1.54) is 12.1 Å². The molecular formula is C19H19FN4O. The topological polar surface area (TPSA) is 55.1 Å². The van der Waals surface area contributed by atoms with Crippen LogP contribution >= 0.6 is 0 Å². The Kier molecular flexibility index (Phi) is 4.52. The SMILES string of the molecule is Fc1ccc(-c2noc([C@H]3CCCN(Cc4ccccn4)C3)n2)cc1. The molecule has 0 bridgehead atoms. The van der Waals surface area contributed by atoms with Crippen LogP contribution in [0.15, 0.2) is 53.2 Å². The van der Waals surface area contributed by atoms with Crippen LogP contribution in [0.5, 0.6) is 0 Å². The molecule has 1 fully saturated rings. The maximum atomic E-state index is 13.0. The summed E-state index contributed by atoms with van der Waals surface area (Å²) in [6.07, 6.45) is 3.94. The molecule has 0 unspecified atom stereocenters. The molecule has 0 N–H and O–H groups in total. The van der Waals surface area contributed by atoms with E-state index < -0.39 is 0 Å². The van der Waals surface area contributed by atoms with Gasteiger partial charge in [-0.15, -0.1) is 0 Å². The maximum absolute atomic E-state index is 13.0. The number of halogens is 1. The normalized spacial score (nSPS) is 18.4. The van der Waals surface area contributed by atoms with Gasteiger partial charge in [-0.05, 0) is 55.8 Å². The van der Waals surface area contributed by atoms with Gasteiger partial charge < -0.3 is 4.52 Å². The minimum atomic E-state index is -0.273. The number of pyridine rings is 1. The van der Waals surface area contributed by atoms with Crippen molar-refractivity contribution in [1.29, 1.82) is 0 Å². The van der Waals surface area contributed by atoms with E-state index in [-0.39, 0.29) is 11.7 Å². The largest absolute Gasteiger partial charge is 0.339 e. The summed E-state index contributed by atoms with van der Waals surface area (Å²) < 4.78 is 18.5. The zero-order chi connectivity index (χ0) is 17.1. The first kappa shape index (κ1) is 15.9. The minimum absolute atomic E-state index is 0.221. The molecule has 0 spiro atoms. The first-order chi connectivity index (χ1) is 12.3. The first-order valence-electron chi connectivity index (χ1n) is 8.50. The van der Waals surface area contributed by atoms with Crippen LogP contribution < -0.4 is 0 Å². The van der Waals surface area contributed by atoms with Crippen molar-refractivity contribution in [2.75, 3.05) is 13.1 Å². The zero-order valence-electron chi connectivity index (χ0n) is 13.8. The van der Waals surface area contributed by atoms with Crippen LogP contribution in [0, 0.1) is 5.82 Å². The predicted molar refractivity (Wildman–Crippen MR) is 91.2 cm³/mol. The lowest BCUT2D eigenvalue weighted by Crippen LogP contribution is -2.34. The summed E-state index contributed by atoms with van der Waals surface area (Å²) in [6, 6.07) is 12.1. The summed E-state index contributed by atoms with van der Waals surface area (Å²) in [5.74, 6) is 1.12. The number of hydrogen-bond donors (Lipinski definition) is 0. The highest BCUT2D eigenvalue weighted by Crippen LogP contribution is 2.28. The van der Waals surface area contributed by atoms with Gasteiger partial charge in [0, 0.05) is 24.8 Å². The Labute approximate surface area is 145 Å². The summed E-state index contributed by atoms with van der Waals surface area (Å²) in [5.41, 5.74) is 1.83. The van der Waals surface area contributed by atoms with Crippen LogP contribution in [0.1, 0.15) is 30.3 Å². The van der Waals surface area contributed by atoms with Gasteiger partial charge in [-0.2, -0.15) is 4.98 Å². The molecule has 128 valence electrons. The van der Waals surface area contributed by atoms with E-state index in [0.717, 1.165) is 43.7 Å². The van der Waals surface area contributed by atoms with E-state index in [1.807, 2.05) is 24.4 Å². The molecule has 25 heavy (non-hydrogen) atoms. The van der Waals surface area contributed by atoms with Crippen LogP contribution in [-0.4, -0.2) is 33.1 Å². The number of likely N-dealkylation sites (tertiary alicyclic amines) is 1. The van der Waals surface area contributed by atoms with Gasteiger partial charge in [0.25, 0.3) is 0 Å². The van der Waals surface area contributed by atoms with Gasteiger partial charge in [0.2, 0.25) is 11.7 Å². The number of hydrogen-bond acceptors (Lipinski definition) is 5. The fourth-order valence-electron chi connectivity index (χ4n) is 3.24. The average molecular weight is 338 g/mol. The molecule has 0 radical (unpaired) electrons. The fourth-order valence-corrected chi connectivity index (χ4v) is 3.24. The van der Waals surface area contributed by atoms with Gasteiger partial charge >= 0.3 is 0 Å². The molecule has 0 amide bonds. The van der Waals surface area contributed by atoms with Gasteiger partial charge in [-0.25, -0.2) is 4.39 Å². The Balaban J connectivity index is 1.45. The summed E-state index contributed by atoms with van der Waals surface area (Å²) in [6.45, 7) is 2.75. The minimum Gasteiger partial charge on any atom is -0.339 e. The smallest absolute Gasteiger partial charge is 0.231 e. The molecule has 6 heteroatoms. The third kappa shape index (κ3) is 3.74. The Morgan fingerprint density at radius 1 is 1.16 bits per heavy atom. The van der Waals surface area contributed by atoms with Gasteiger partial charge in [0.05, 0.1) is 11.6 Å². The lowest BCUT2D eigenvalue weighted by Gasteiger charge is -2.30. The van der Waals surface area contributed by atoms with Crippen molar-refractivity contribution in [3.05, 3.63) is 66.1 Å². The molecule has 1 saturated heterocycles. The molecule has 4 rings (SSSR count). The number of piperidine rings is 1. The van der Waals surface area contributed by atoms with Crippen molar-refractivity contribution < 1.29 is 8.91 Å². The molecule has 5 nitrogen and oxygen atoms in total. The highest BCUT2D eigenvalue weighted by atomic mass is 19.1. The Bertz CT molecular complexity index is 819. The lowest BCUT2D eigenvalue weighted by atomic mass is 9.98. The molecule has 2 aromatic heterocycles. The molecule has 3 heterocycles. The van der Waals surface area contributed by atoms with Crippen LogP contribution in [0.3, 0.4) is 0 Å². The molecule has 3 aromatic rings. The van der Waals surface area contributed by atoms with E-state index >= 15 is 0 Å². The highest BCUT2D eigenvalue weighted by molar-refractivity contribution is 5.53. The molecule has 1 aliphatic heterocycles. The van der Waals surface area contributed by atoms with E-state index in [0.29, 0.717) is 11.7 Å². The lowest BCUT2D eigenvalue weighted by molar-refractivity contribution is 0.178. The maximum Gasteiger partial charge on any atom is 0.231 e. The van der Waals surface area contributed by atoms with Gasteiger partial charge in [0.15, 0.2) is 0 Å². The van der Waals surface area contributed by atoms with Crippen LogP contribution in [0.4, 0.5) is 4.39 Å². The summed E-state index contributed by atoms with van der Waals surface area (Å²) >= 11 is 0. The van der Waals surface area contributed by atoms with E-state index in [2.05, 4.69) is 20.0 Å². The monoisotopic (exact) mass is 338 g/mol. The second kappa shape index (κ2) is 7.11. The van der Waals surface area contributed by atoms with Gasteiger partial charge in [-0.1, -0.05) is 11.2 Å². The fraction of sp³-hybridized carbons (Fsp3) is 0.316. The number of nitrogens with zero attached hydrogens (tertiary/aromatic N) is 4. The quantitative estimate of drug-likeness (QED) is 0.727. The average Bonchev–Trinajstić information content (AvgIpc) is 3.14. The van der Waals surface area contributed by atoms with Crippen molar-refractivity contribution >= 4 is 0 Å². The van der Waals surface area contributed by atoms with Crippen molar-refractivity contribution in [1.82, 2.24) is 20.0 Å². The Morgan fingerprint density at radius 2 is 2.04 bits per heavy atom. The molecule has 0 saturated carbocycles. The predicted octanol–water partition coefficient (Wildman–Crippen LogP) is 3.65. The van der Waals surface area contributed by atoms with E-state index in [9.17, 15) is 4.39 Å². The molecule has 1 atom stereocenters. The summed E-state index contributed by atoms with van der Waals surface area (Å²) in [7, 11) is 0. The van der Waals surface area contributed by atoms with E-state index in [4.69, 9.17) is 4.52 Å². The highest BCUT2D eigenvalue weighted by Gasteiger charge is 2.26. The molecule has 1 aliphatic rings. The zero-order valence-corrected chi connectivity index (χ0v) is 13.8. The van der Waals surface area contributed by atoms with Crippen molar-refractivity contribution in [3.8, 4) is 11.4 Å². The number of rotatable bonds is 4. The number of benzene rings is 1. The third-order valence-corrected chi connectivity index (χ3v) is 4.51. The van der Waals surface area contributed by atoms with Crippen molar-refractivity contribution in [2.24, 2.45) is 0 Å². The van der Waals surface area contributed by atoms with Gasteiger partial charge in [-0.3, -0.25) is 9.88 Å². The van der Waals surface area contributed by atoms with Gasteiger partial charge in [0.1, 0.15) is 5.82 Å². The van der Waals surface area contributed by atoms with Crippen LogP contribution in [-0.2, 0) is 6.54 Å². The van der Waals surface area contributed by atoms with E-state index in [1.54, 1.807) is 12.1 Å². The molecule has 1 aromatic carbocycles. The second-order valence-corrected chi connectivity index (χ2v) is 6.36. The third-order valence-electron chi connectivity index (χ3n) is 4.51. The molecule has 0 aliphatic carbocycles. The Hall–Kier alpha value is -2.60. The standard InChI is InChI=1S/C19H19FN4O/c20-16-8-6-14(7-9-16)18-22-19(25-23-18)15-4-3-11-24(12-15)13-17-5-1-2-10-21-17/h1-2,5-10,15H,3-4,11-13H2/t15-/m0/s1. The molecular weight excluding hydrogens is 319 g/mol. The summed E-state index contributed by atoms with van der Waals surface area (Å²) in [5, 5.41) is 4.06. The van der Waals surface area contributed by atoms with Crippen molar-refractivity contribution in [2.45, 2.75) is 25.3 Å². The summed E-state index contributed by atoms with van der Waals surface area (Å²) in [4.78, 5) is 11.3. The first-order valence-corrected chi connectivity index (χ1v) is 8.50. The Morgan fingerprint density at radius 3 is 2.84 bits per heavy atom. The van der Waals surface area contributed by atoms with Crippen LogP contribution in [0.2, 0.25) is 0 Å². The van der Waals surface area contributed by atoms with Crippen LogP contribution in [0.25, 0.3) is 11.4 Å². The second-order valence-electron chi connectivity index (χ2n) is 6.36.